The molecule has 1 N–H and O–H groups in total. The zero-order chi connectivity index (χ0) is 23.4. The summed E-state index contributed by atoms with van der Waals surface area (Å²) in [5.74, 6) is 1.02. The van der Waals surface area contributed by atoms with Crippen LogP contribution in [0.25, 0.3) is 10.9 Å². The first-order valence-corrected chi connectivity index (χ1v) is 12.3. The molecule has 0 bridgehead atoms. The van der Waals surface area contributed by atoms with Crippen LogP contribution in [-0.2, 0) is 16.1 Å². The second-order valence-electron chi connectivity index (χ2n) is 10.2. The van der Waals surface area contributed by atoms with Gasteiger partial charge in [0.15, 0.2) is 0 Å². The highest BCUT2D eigenvalue weighted by Gasteiger charge is 2.27. The van der Waals surface area contributed by atoms with Gasteiger partial charge >= 0.3 is 5.97 Å². The fourth-order valence-corrected chi connectivity index (χ4v) is 4.84. The van der Waals surface area contributed by atoms with Crippen molar-refractivity contribution in [3.05, 3.63) is 29.8 Å². The Bertz CT molecular complexity index is 983. The molecule has 7 heteroatoms. The second kappa shape index (κ2) is 10.2. The van der Waals surface area contributed by atoms with Crippen molar-refractivity contribution in [2.24, 2.45) is 5.92 Å². The van der Waals surface area contributed by atoms with Crippen LogP contribution < -0.4 is 10.1 Å². The van der Waals surface area contributed by atoms with Gasteiger partial charge in [-0.25, -0.2) is 0 Å². The van der Waals surface area contributed by atoms with Gasteiger partial charge in [-0.3, -0.25) is 9.59 Å². The van der Waals surface area contributed by atoms with Gasteiger partial charge in [0.1, 0.15) is 11.2 Å². The van der Waals surface area contributed by atoms with Crippen LogP contribution in [-0.4, -0.2) is 59.7 Å². The van der Waals surface area contributed by atoms with E-state index in [-0.39, 0.29) is 11.9 Å². The van der Waals surface area contributed by atoms with Crippen LogP contribution in [0.4, 0.5) is 0 Å². The molecule has 1 aromatic heterocycles. The Morgan fingerprint density at radius 1 is 1.15 bits per heavy atom. The molecule has 1 amide bonds. The Balaban J connectivity index is 1.24. The van der Waals surface area contributed by atoms with Gasteiger partial charge in [-0.05, 0) is 78.1 Å². The fraction of sp³-hybridized carbons (Fsp3) is 0.615. The van der Waals surface area contributed by atoms with E-state index in [0.717, 1.165) is 62.8 Å². The molecule has 7 nitrogen and oxygen atoms in total. The van der Waals surface area contributed by atoms with Crippen LogP contribution >= 0.6 is 0 Å². The molecule has 3 heterocycles. The van der Waals surface area contributed by atoms with E-state index in [4.69, 9.17) is 9.47 Å². The molecule has 0 atom stereocenters. The molecule has 0 spiro atoms. The van der Waals surface area contributed by atoms with Gasteiger partial charge in [-0.2, -0.15) is 0 Å². The van der Waals surface area contributed by atoms with Crippen LogP contribution in [0.1, 0.15) is 63.2 Å². The Labute approximate surface area is 196 Å². The van der Waals surface area contributed by atoms with E-state index in [2.05, 4.69) is 20.9 Å². The predicted molar refractivity (Wildman–Crippen MR) is 129 cm³/mol. The summed E-state index contributed by atoms with van der Waals surface area (Å²) in [6, 6.07) is 8.05. The largest absolute Gasteiger partial charge is 0.478 e. The molecule has 0 unspecified atom stereocenters. The molecule has 0 saturated carbocycles. The molecule has 0 aliphatic carbocycles. The quantitative estimate of drug-likeness (QED) is 0.639. The first kappa shape index (κ1) is 23.6. The first-order chi connectivity index (χ1) is 15.8. The van der Waals surface area contributed by atoms with Crippen LogP contribution in [0.2, 0.25) is 0 Å². The number of aromatic nitrogens is 1. The maximum atomic E-state index is 13.1. The molecular formula is C26H37N3O4. The predicted octanol–water partition coefficient (Wildman–Crippen LogP) is 3.99. The van der Waals surface area contributed by atoms with Gasteiger partial charge in [0.05, 0.1) is 12.1 Å². The highest BCUT2D eigenvalue weighted by molar-refractivity contribution is 6.09. The molecule has 1 fully saturated rings. The lowest BCUT2D eigenvalue weighted by atomic mass is 9.96. The van der Waals surface area contributed by atoms with Crippen molar-refractivity contribution in [2.45, 2.75) is 65.0 Å². The Kier molecular flexibility index (Phi) is 7.27. The van der Waals surface area contributed by atoms with Gasteiger partial charge in [0, 0.05) is 24.9 Å². The normalized spacial score (nSPS) is 17.4. The van der Waals surface area contributed by atoms with Crippen molar-refractivity contribution in [1.29, 1.82) is 0 Å². The highest BCUT2D eigenvalue weighted by atomic mass is 16.6. The van der Waals surface area contributed by atoms with Gasteiger partial charge in [0.25, 0.3) is 5.91 Å². The maximum absolute atomic E-state index is 13.1. The van der Waals surface area contributed by atoms with Gasteiger partial charge in [0.2, 0.25) is 5.88 Å². The number of hydrogen-bond acceptors (Lipinski definition) is 5. The number of nitrogens with one attached hydrogen (secondary N) is 1. The minimum Gasteiger partial charge on any atom is -0.478 e. The lowest BCUT2D eigenvalue weighted by Gasteiger charge is -2.32. The zero-order valence-corrected chi connectivity index (χ0v) is 20.2. The third kappa shape index (κ3) is 5.88. The number of nitrogens with zero attached hydrogens (tertiary/aromatic N) is 2. The van der Waals surface area contributed by atoms with E-state index in [1.165, 1.54) is 0 Å². The minimum atomic E-state index is -0.418. The average molecular weight is 456 g/mol. The van der Waals surface area contributed by atoms with Gasteiger partial charge < -0.3 is 24.3 Å². The van der Waals surface area contributed by atoms with Crippen molar-refractivity contribution >= 4 is 22.8 Å². The van der Waals surface area contributed by atoms with Crippen molar-refractivity contribution < 1.29 is 19.1 Å². The van der Waals surface area contributed by atoms with Gasteiger partial charge in [-0.1, -0.05) is 18.2 Å². The van der Waals surface area contributed by atoms with Crippen LogP contribution in [0.3, 0.4) is 0 Å². The lowest BCUT2D eigenvalue weighted by molar-refractivity contribution is -0.155. The van der Waals surface area contributed by atoms with E-state index < -0.39 is 5.60 Å². The van der Waals surface area contributed by atoms with E-state index in [1.807, 2.05) is 39.0 Å². The van der Waals surface area contributed by atoms with Crippen molar-refractivity contribution in [3.8, 4) is 5.88 Å². The maximum Gasteiger partial charge on any atom is 0.306 e. The summed E-state index contributed by atoms with van der Waals surface area (Å²) in [4.78, 5) is 27.4. The van der Waals surface area contributed by atoms with E-state index in [1.54, 1.807) is 0 Å². The van der Waals surface area contributed by atoms with Crippen LogP contribution in [0.5, 0.6) is 5.88 Å². The number of carbonyl (C=O) groups excluding carboxylic acids is 2. The topological polar surface area (TPSA) is 72.8 Å². The molecule has 2 aliphatic rings. The number of amides is 1. The summed E-state index contributed by atoms with van der Waals surface area (Å²) in [5.41, 5.74) is 1.32. The number of likely N-dealkylation sites (tertiary alicyclic amines) is 1. The van der Waals surface area contributed by atoms with Crippen molar-refractivity contribution in [2.75, 3.05) is 32.8 Å². The summed E-state index contributed by atoms with van der Waals surface area (Å²) >= 11 is 0. The summed E-state index contributed by atoms with van der Waals surface area (Å²) in [7, 11) is 0. The number of piperidine rings is 1. The molecule has 2 aliphatic heterocycles. The third-order valence-corrected chi connectivity index (χ3v) is 6.45. The summed E-state index contributed by atoms with van der Waals surface area (Å²) in [6.45, 7) is 10.8. The number of hydrogen-bond donors (Lipinski definition) is 1. The van der Waals surface area contributed by atoms with E-state index >= 15 is 0 Å². The number of carbonyl (C=O) groups is 2. The molecule has 4 rings (SSSR count). The Morgan fingerprint density at radius 2 is 1.91 bits per heavy atom. The molecule has 33 heavy (non-hydrogen) atoms. The summed E-state index contributed by atoms with van der Waals surface area (Å²) in [6.07, 6.45) is 4.35. The van der Waals surface area contributed by atoms with Crippen LogP contribution in [0.15, 0.2) is 24.3 Å². The highest BCUT2D eigenvalue weighted by Crippen LogP contribution is 2.34. The molecule has 2 aromatic rings. The minimum absolute atomic E-state index is 0.0401. The lowest BCUT2D eigenvalue weighted by Crippen LogP contribution is -2.39. The third-order valence-electron chi connectivity index (χ3n) is 6.45. The van der Waals surface area contributed by atoms with Gasteiger partial charge in [-0.15, -0.1) is 0 Å². The number of para-hydroxylation sites is 1. The number of esters is 1. The fourth-order valence-electron chi connectivity index (χ4n) is 4.84. The number of aryl methyl sites for hydroxylation is 1. The second-order valence-corrected chi connectivity index (χ2v) is 10.2. The van der Waals surface area contributed by atoms with E-state index in [9.17, 15) is 9.59 Å². The molecule has 0 radical (unpaired) electrons. The van der Waals surface area contributed by atoms with Crippen molar-refractivity contribution in [1.82, 2.24) is 14.8 Å². The SMILES string of the molecule is CC(C)(C)OC(=O)CCCN1CCC(CNC(=O)c2c3n(c4ccccc24)CCCO3)CC1. The molecule has 180 valence electrons. The smallest absolute Gasteiger partial charge is 0.306 e. The number of fused-ring (bicyclic) bond motifs is 3. The Hall–Kier alpha value is -2.54. The summed E-state index contributed by atoms with van der Waals surface area (Å²) in [5, 5.41) is 4.14. The van der Waals surface area contributed by atoms with E-state index in [0.29, 0.717) is 36.9 Å². The molecular weight excluding hydrogens is 418 g/mol. The summed E-state index contributed by atoms with van der Waals surface area (Å²) < 4.78 is 13.4. The molecule has 1 aromatic carbocycles. The average Bonchev–Trinajstić information content (AvgIpc) is 3.12. The zero-order valence-electron chi connectivity index (χ0n) is 20.2. The number of rotatable bonds is 7. The first-order valence-electron chi connectivity index (χ1n) is 12.3. The van der Waals surface area contributed by atoms with Crippen molar-refractivity contribution in [3.63, 3.8) is 0 Å². The molecule has 1 saturated heterocycles. The van der Waals surface area contributed by atoms with Crippen LogP contribution in [0, 0.1) is 5.92 Å². The Morgan fingerprint density at radius 3 is 2.67 bits per heavy atom. The number of ether oxygens (including phenoxy) is 2. The monoisotopic (exact) mass is 455 g/mol. The number of benzene rings is 1. The standard InChI is InChI=1S/C26H37N3O4/c1-26(2,3)33-22(30)10-6-13-28-15-11-19(12-16-28)18-27-24(31)23-20-8-4-5-9-21(20)29-14-7-17-32-25(23)29/h4-5,8-9,19H,6-7,10-18H2,1-3H3,(H,27,31).